The third-order valence-corrected chi connectivity index (χ3v) is 3.49. The van der Waals surface area contributed by atoms with E-state index in [1.165, 1.54) is 18.5 Å². The zero-order valence-corrected chi connectivity index (χ0v) is 9.68. The fourth-order valence-corrected chi connectivity index (χ4v) is 2.51. The molecule has 0 spiro atoms. The van der Waals surface area contributed by atoms with Crippen molar-refractivity contribution in [3.63, 3.8) is 0 Å². The van der Waals surface area contributed by atoms with Gasteiger partial charge >= 0.3 is 0 Å². The Kier molecular flexibility index (Phi) is 3.19. The minimum atomic E-state index is 0.691. The molecule has 1 aromatic rings. The number of aromatic nitrogens is 1. The molecule has 1 aliphatic carbocycles. The van der Waals surface area contributed by atoms with E-state index in [0.29, 0.717) is 6.04 Å². The summed E-state index contributed by atoms with van der Waals surface area (Å²) in [6.07, 6.45) is 2.82. The molecular formula is C11H18N2S. The predicted octanol–water partition coefficient (Wildman–Crippen LogP) is 2.67. The summed E-state index contributed by atoms with van der Waals surface area (Å²) in [7, 11) is 0. The van der Waals surface area contributed by atoms with Crippen LogP contribution in [0.1, 0.15) is 32.4 Å². The Morgan fingerprint density at radius 2 is 2.36 bits per heavy atom. The Balaban J connectivity index is 1.82. The molecular weight excluding hydrogens is 192 g/mol. The van der Waals surface area contributed by atoms with Gasteiger partial charge in [0, 0.05) is 18.0 Å². The van der Waals surface area contributed by atoms with Crippen molar-refractivity contribution < 1.29 is 0 Å². The van der Waals surface area contributed by atoms with Gasteiger partial charge in [0.05, 0.1) is 11.2 Å². The van der Waals surface area contributed by atoms with Gasteiger partial charge < -0.3 is 5.32 Å². The summed E-state index contributed by atoms with van der Waals surface area (Å²) in [6, 6.07) is 0.691. The molecule has 14 heavy (non-hydrogen) atoms. The average molecular weight is 210 g/mol. The monoisotopic (exact) mass is 210 g/mol. The molecule has 78 valence electrons. The van der Waals surface area contributed by atoms with Crippen LogP contribution in [0.2, 0.25) is 0 Å². The molecule has 1 N–H and O–H groups in total. The molecule has 0 aliphatic heterocycles. The quantitative estimate of drug-likeness (QED) is 0.808. The first-order valence-electron chi connectivity index (χ1n) is 5.38. The first-order chi connectivity index (χ1) is 6.77. The molecule has 0 amide bonds. The summed E-state index contributed by atoms with van der Waals surface area (Å²) in [4.78, 5) is 4.28. The summed E-state index contributed by atoms with van der Waals surface area (Å²) in [5.41, 5.74) is 3.08. The Morgan fingerprint density at radius 1 is 1.57 bits per heavy atom. The van der Waals surface area contributed by atoms with Crippen LogP contribution in [-0.2, 0) is 6.54 Å². The zero-order chi connectivity index (χ0) is 9.97. The second-order valence-corrected chi connectivity index (χ2v) is 5.19. The Morgan fingerprint density at radius 3 is 2.86 bits per heavy atom. The first-order valence-corrected chi connectivity index (χ1v) is 6.32. The molecule has 1 aromatic heterocycles. The van der Waals surface area contributed by atoms with Crippen molar-refractivity contribution in [1.82, 2.24) is 10.3 Å². The van der Waals surface area contributed by atoms with Crippen molar-refractivity contribution in [3.05, 3.63) is 16.6 Å². The van der Waals surface area contributed by atoms with E-state index in [-0.39, 0.29) is 0 Å². The van der Waals surface area contributed by atoms with E-state index in [0.717, 1.165) is 18.4 Å². The van der Waals surface area contributed by atoms with Crippen LogP contribution < -0.4 is 5.32 Å². The molecule has 2 nitrogen and oxygen atoms in total. The third kappa shape index (κ3) is 2.55. The van der Waals surface area contributed by atoms with E-state index in [1.54, 1.807) is 11.3 Å². The molecule has 0 bridgehead atoms. The third-order valence-electron chi connectivity index (χ3n) is 2.85. The molecule has 0 aromatic carbocycles. The highest BCUT2D eigenvalue weighted by atomic mass is 32.1. The Labute approximate surface area is 89.8 Å². The Bertz CT molecular complexity index is 263. The van der Waals surface area contributed by atoms with Gasteiger partial charge in [-0.3, -0.25) is 0 Å². The van der Waals surface area contributed by atoms with Gasteiger partial charge in [-0.05, 0) is 24.7 Å². The van der Waals surface area contributed by atoms with Crippen LogP contribution in [0.4, 0.5) is 0 Å². The lowest BCUT2D eigenvalue weighted by Crippen LogP contribution is -2.35. The molecule has 1 heterocycles. The zero-order valence-electron chi connectivity index (χ0n) is 8.86. The molecule has 3 heteroatoms. The lowest BCUT2D eigenvalue weighted by atomic mass is 9.99. The molecule has 1 saturated carbocycles. The van der Waals surface area contributed by atoms with Crippen LogP contribution in [0, 0.1) is 11.8 Å². The van der Waals surface area contributed by atoms with Crippen LogP contribution in [0.25, 0.3) is 0 Å². The second-order valence-electron chi connectivity index (χ2n) is 4.47. The predicted molar refractivity (Wildman–Crippen MR) is 60.3 cm³/mol. The second kappa shape index (κ2) is 4.41. The van der Waals surface area contributed by atoms with Crippen molar-refractivity contribution in [2.24, 2.45) is 11.8 Å². The van der Waals surface area contributed by atoms with E-state index in [1.807, 2.05) is 5.51 Å². The number of rotatable bonds is 5. The maximum atomic E-state index is 4.28. The number of hydrogen-bond donors (Lipinski definition) is 1. The molecule has 1 fully saturated rings. The SMILES string of the molecule is CC(C)C(NCc1cscn1)C1CC1. The summed E-state index contributed by atoms with van der Waals surface area (Å²) in [6.45, 7) is 5.54. The largest absolute Gasteiger partial charge is 0.308 e. The van der Waals surface area contributed by atoms with Gasteiger partial charge in [-0.1, -0.05) is 13.8 Å². The summed E-state index contributed by atoms with van der Waals surface area (Å²) in [5.74, 6) is 1.66. The van der Waals surface area contributed by atoms with E-state index in [4.69, 9.17) is 0 Å². The molecule has 1 aliphatic rings. The Hall–Kier alpha value is -0.410. The summed E-state index contributed by atoms with van der Waals surface area (Å²) in [5, 5.41) is 5.75. The van der Waals surface area contributed by atoms with Crippen molar-refractivity contribution in [1.29, 1.82) is 0 Å². The van der Waals surface area contributed by atoms with Crippen LogP contribution in [0.15, 0.2) is 10.9 Å². The highest BCUT2D eigenvalue weighted by Gasteiger charge is 2.32. The molecule has 2 rings (SSSR count). The van der Waals surface area contributed by atoms with Gasteiger partial charge in [0.1, 0.15) is 0 Å². The van der Waals surface area contributed by atoms with Crippen LogP contribution in [-0.4, -0.2) is 11.0 Å². The van der Waals surface area contributed by atoms with Crippen molar-refractivity contribution in [3.8, 4) is 0 Å². The number of hydrogen-bond acceptors (Lipinski definition) is 3. The summed E-state index contributed by atoms with van der Waals surface area (Å²) >= 11 is 1.67. The topological polar surface area (TPSA) is 24.9 Å². The normalized spacial score (nSPS) is 18.8. The maximum absolute atomic E-state index is 4.28. The van der Waals surface area contributed by atoms with E-state index >= 15 is 0 Å². The van der Waals surface area contributed by atoms with E-state index in [2.05, 4.69) is 29.5 Å². The van der Waals surface area contributed by atoms with Crippen LogP contribution in [0.5, 0.6) is 0 Å². The molecule has 1 unspecified atom stereocenters. The number of nitrogens with zero attached hydrogens (tertiary/aromatic N) is 1. The van der Waals surface area contributed by atoms with Gasteiger partial charge in [-0.2, -0.15) is 0 Å². The lowest BCUT2D eigenvalue weighted by molar-refractivity contribution is 0.358. The first kappa shape index (κ1) is 10.1. The van der Waals surface area contributed by atoms with E-state index in [9.17, 15) is 0 Å². The molecule has 0 radical (unpaired) electrons. The van der Waals surface area contributed by atoms with Gasteiger partial charge in [0.15, 0.2) is 0 Å². The van der Waals surface area contributed by atoms with Gasteiger partial charge in [-0.25, -0.2) is 4.98 Å². The average Bonchev–Trinajstić information content (AvgIpc) is 2.82. The smallest absolute Gasteiger partial charge is 0.0795 e. The standard InChI is InChI=1S/C11H18N2S/c1-8(2)11(9-3-4-9)12-5-10-6-14-7-13-10/h6-9,11-12H,3-5H2,1-2H3. The summed E-state index contributed by atoms with van der Waals surface area (Å²) < 4.78 is 0. The highest BCUT2D eigenvalue weighted by molar-refractivity contribution is 7.07. The van der Waals surface area contributed by atoms with E-state index < -0.39 is 0 Å². The minimum absolute atomic E-state index is 0.691. The lowest BCUT2D eigenvalue weighted by Gasteiger charge is -2.21. The number of thiazole rings is 1. The fraction of sp³-hybridized carbons (Fsp3) is 0.727. The van der Waals surface area contributed by atoms with Crippen LogP contribution >= 0.6 is 11.3 Å². The molecule has 0 saturated heterocycles. The van der Waals surface area contributed by atoms with Crippen LogP contribution in [0.3, 0.4) is 0 Å². The highest BCUT2D eigenvalue weighted by Crippen LogP contribution is 2.35. The van der Waals surface area contributed by atoms with Crippen molar-refractivity contribution in [2.45, 2.75) is 39.3 Å². The van der Waals surface area contributed by atoms with Crippen molar-refractivity contribution >= 4 is 11.3 Å². The van der Waals surface area contributed by atoms with Gasteiger partial charge in [0.25, 0.3) is 0 Å². The van der Waals surface area contributed by atoms with Gasteiger partial charge in [0.2, 0.25) is 0 Å². The number of nitrogens with one attached hydrogen (secondary N) is 1. The van der Waals surface area contributed by atoms with Crippen molar-refractivity contribution in [2.75, 3.05) is 0 Å². The maximum Gasteiger partial charge on any atom is 0.0795 e. The van der Waals surface area contributed by atoms with Gasteiger partial charge in [-0.15, -0.1) is 11.3 Å². The minimum Gasteiger partial charge on any atom is -0.308 e. The molecule has 1 atom stereocenters. The fourth-order valence-electron chi connectivity index (χ4n) is 1.95.